The molecule has 0 radical (unpaired) electrons. The van der Waals surface area contributed by atoms with Crippen LogP contribution in [-0.4, -0.2) is 42.1 Å². The lowest BCUT2D eigenvalue weighted by Crippen LogP contribution is -2.49. The molecule has 0 atom stereocenters. The molecule has 0 aliphatic rings. The van der Waals surface area contributed by atoms with Crippen LogP contribution in [0.15, 0.2) is 17.3 Å². The van der Waals surface area contributed by atoms with E-state index < -0.39 is 15.6 Å². The van der Waals surface area contributed by atoms with Crippen LogP contribution in [-0.2, 0) is 10.0 Å². The molecule has 0 saturated carbocycles. The van der Waals surface area contributed by atoms with E-state index in [2.05, 4.69) is 10.2 Å². The Hall–Kier alpha value is -0.920. The molecule has 0 aliphatic heterocycles. The fourth-order valence-corrected chi connectivity index (χ4v) is 2.41. The first-order chi connectivity index (χ1) is 6.82. The van der Waals surface area contributed by atoms with Crippen LogP contribution < -0.4 is 5.73 Å². The van der Waals surface area contributed by atoms with E-state index in [0.29, 0.717) is 0 Å². The van der Waals surface area contributed by atoms with Gasteiger partial charge >= 0.3 is 0 Å². The summed E-state index contributed by atoms with van der Waals surface area (Å²) in [4.78, 5) is 0. The number of aromatic nitrogens is 2. The van der Waals surface area contributed by atoms with E-state index in [1.165, 1.54) is 23.6 Å². The van der Waals surface area contributed by atoms with Gasteiger partial charge in [0.2, 0.25) is 0 Å². The van der Waals surface area contributed by atoms with Gasteiger partial charge < -0.3 is 5.73 Å². The minimum Gasteiger partial charge on any atom is -0.329 e. The second-order valence-corrected chi connectivity index (χ2v) is 5.85. The molecule has 1 aromatic rings. The molecule has 7 heteroatoms. The van der Waals surface area contributed by atoms with Crippen molar-refractivity contribution in [1.29, 1.82) is 0 Å². The van der Waals surface area contributed by atoms with E-state index in [9.17, 15) is 8.42 Å². The normalized spacial score (nSPS) is 13.4. The van der Waals surface area contributed by atoms with Crippen LogP contribution in [0.3, 0.4) is 0 Å². The summed E-state index contributed by atoms with van der Waals surface area (Å²) in [5.74, 6) is 0. The first-order valence-corrected chi connectivity index (χ1v) is 5.95. The first-order valence-electron chi connectivity index (χ1n) is 4.51. The molecule has 0 unspecified atom stereocenters. The van der Waals surface area contributed by atoms with Gasteiger partial charge in [0.1, 0.15) is 0 Å². The van der Waals surface area contributed by atoms with E-state index in [1.54, 1.807) is 13.8 Å². The van der Waals surface area contributed by atoms with Crippen molar-refractivity contribution in [3.63, 3.8) is 0 Å². The highest BCUT2D eigenvalue weighted by molar-refractivity contribution is 7.89. The molecule has 0 bridgehead atoms. The lowest BCUT2D eigenvalue weighted by Gasteiger charge is -2.32. The van der Waals surface area contributed by atoms with Crippen molar-refractivity contribution in [2.24, 2.45) is 5.73 Å². The molecule has 0 aromatic carbocycles. The second-order valence-electron chi connectivity index (χ2n) is 3.91. The number of rotatable bonds is 4. The Morgan fingerprint density at radius 3 is 2.60 bits per heavy atom. The van der Waals surface area contributed by atoms with Gasteiger partial charge in [0, 0.05) is 19.1 Å². The topological polar surface area (TPSA) is 92.1 Å². The summed E-state index contributed by atoms with van der Waals surface area (Å²) in [5, 5.41) is 6.13. The molecule has 0 spiro atoms. The number of nitrogens with one attached hydrogen (secondary N) is 1. The van der Waals surface area contributed by atoms with Gasteiger partial charge in [-0.2, -0.15) is 9.40 Å². The molecule has 1 rings (SSSR count). The van der Waals surface area contributed by atoms with Crippen molar-refractivity contribution in [1.82, 2.24) is 14.5 Å². The molecule has 3 N–H and O–H groups in total. The fourth-order valence-electron chi connectivity index (χ4n) is 0.988. The fraction of sp³-hybridized carbons (Fsp3) is 0.625. The number of likely N-dealkylation sites (N-methyl/N-ethyl adjacent to an activating group) is 1. The number of nitrogens with zero attached hydrogens (tertiary/aromatic N) is 2. The Morgan fingerprint density at radius 2 is 2.20 bits per heavy atom. The van der Waals surface area contributed by atoms with Gasteiger partial charge in [-0.15, -0.1) is 0 Å². The Morgan fingerprint density at radius 1 is 1.60 bits per heavy atom. The molecular formula is C8H16N4O2S. The number of hydrogen-bond donors (Lipinski definition) is 2. The van der Waals surface area contributed by atoms with Crippen LogP contribution in [0, 0.1) is 0 Å². The molecular weight excluding hydrogens is 216 g/mol. The highest BCUT2D eigenvalue weighted by atomic mass is 32.2. The van der Waals surface area contributed by atoms with E-state index in [-0.39, 0.29) is 11.6 Å². The van der Waals surface area contributed by atoms with Gasteiger partial charge in [-0.3, -0.25) is 5.10 Å². The number of sulfonamides is 1. The average Bonchev–Trinajstić information content (AvgIpc) is 2.69. The maximum atomic E-state index is 12.0. The Bertz CT molecular complexity index is 410. The predicted molar refractivity (Wildman–Crippen MR) is 56.7 cm³/mol. The van der Waals surface area contributed by atoms with Gasteiger partial charge in [0.25, 0.3) is 10.0 Å². The van der Waals surface area contributed by atoms with E-state index in [0.717, 1.165) is 0 Å². The SMILES string of the molecule is CN(C(C)(C)CN)S(=O)(=O)c1ccn[nH]1. The van der Waals surface area contributed by atoms with E-state index >= 15 is 0 Å². The Kier molecular flexibility index (Phi) is 3.17. The number of nitrogens with two attached hydrogens (primary N) is 1. The van der Waals surface area contributed by atoms with Gasteiger partial charge in [-0.1, -0.05) is 0 Å². The molecule has 15 heavy (non-hydrogen) atoms. The predicted octanol–water partition coefficient (Wildman–Crippen LogP) is -0.233. The van der Waals surface area contributed by atoms with Gasteiger partial charge in [0.05, 0.1) is 6.20 Å². The zero-order valence-corrected chi connectivity index (χ0v) is 9.87. The van der Waals surface area contributed by atoms with Crippen LogP contribution >= 0.6 is 0 Å². The Labute approximate surface area is 89.5 Å². The number of aromatic amines is 1. The third-order valence-corrected chi connectivity index (χ3v) is 4.46. The van der Waals surface area contributed by atoms with Gasteiger partial charge in [0.15, 0.2) is 5.03 Å². The zero-order chi connectivity index (χ0) is 11.7. The number of H-pyrrole nitrogens is 1. The van der Waals surface area contributed by atoms with Crippen molar-refractivity contribution < 1.29 is 8.42 Å². The molecule has 0 saturated heterocycles. The summed E-state index contributed by atoms with van der Waals surface area (Å²) in [6.45, 7) is 3.78. The van der Waals surface area contributed by atoms with Crippen molar-refractivity contribution in [3.8, 4) is 0 Å². The van der Waals surface area contributed by atoms with Crippen LogP contribution in [0.1, 0.15) is 13.8 Å². The third kappa shape index (κ3) is 2.19. The van der Waals surface area contributed by atoms with Crippen LogP contribution in [0.25, 0.3) is 0 Å². The first kappa shape index (κ1) is 12.2. The molecule has 0 aliphatic carbocycles. The van der Waals surface area contributed by atoms with Crippen LogP contribution in [0.5, 0.6) is 0 Å². The summed E-state index contributed by atoms with van der Waals surface area (Å²) >= 11 is 0. The largest absolute Gasteiger partial charge is 0.329 e. The van der Waals surface area contributed by atoms with E-state index in [1.807, 2.05) is 0 Å². The molecule has 6 nitrogen and oxygen atoms in total. The maximum Gasteiger partial charge on any atom is 0.260 e. The molecule has 1 aromatic heterocycles. The summed E-state index contributed by atoms with van der Waals surface area (Å²) in [5.41, 5.74) is 4.90. The highest BCUT2D eigenvalue weighted by Crippen LogP contribution is 2.19. The van der Waals surface area contributed by atoms with E-state index in [4.69, 9.17) is 5.73 Å². The molecule has 0 fully saturated rings. The minimum atomic E-state index is -3.53. The summed E-state index contributed by atoms with van der Waals surface area (Å²) < 4.78 is 25.2. The third-order valence-electron chi connectivity index (χ3n) is 2.47. The lowest BCUT2D eigenvalue weighted by molar-refractivity contribution is 0.273. The Balaban J connectivity index is 3.09. The number of hydrogen-bond acceptors (Lipinski definition) is 4. The lowest BCUT2D eigenvalue weighted by atomic mass is 10.1. The maximum absolute atomic E-state index is 12.0. The zero-order valence-electron chi connectivity index (χ0n) is 9.06. The van der Waals surface area contributed by atoms with Crippen molar-refractivity contribution >= 4 is 10.0 Å². The van der Waals surface area contributed by atoms with Crippen LogP contribution in [0.2, 0.25) is 0 Å². The monoisotopic (exact) mass is 232 g/mol. The van der Waals surface area contributed by atoms with Gasteiger partial charge in [-0.05, 0) is 19.9 Å². The summed E-state index contributed by atoms with van der Waals surface area (Å²) in [7, 11) is -2.03. The second kappa shape index (κ2) is 3.92. The smallest absolute Gasteiger partial charge is 0.260 e. The highest BCUT2D eigenvalue weighted by Gasteiger charge is 2.33. The molecule has 86 valence electrons. The minimum absolute atomic E-state index is 0.0755. The van der Waals surface area contributed by atoms with Crippen molar-refractivity contribution in [2.75, 3.05) is 13.6 Å². The van der Waals surface area contributed by atoms with Crippen molar-refractivity contribution in [3.05, 3.63) is 12.3 Å². The summed E-state index contributed by atoms with van der Waals surface area (Å²) in [6.07, 6.45) is 1.40. The molecule has 1 heterocycles. The van der Waals surface area contributed by atoms with Gasteiger partial charge in [-0.25, -0.2) is 8.42 Å². The standard InChI is InChI=1S/C8H16N4O2S/c1-8(2,6-9)12(3)15(13,14)7-4-5-10-11-7/h4-5H,6,9H2,1-3H3,(H,10,11). The average molecular weight is 232 g/mol. The molecule has 0 amide bonds. The quantitative estimate of drug-likeness (QED) is 0.750. The summed E-state index contributed by atoms with van der Waals surface area (Å²) in [6, 6.07) is 1.42. The van der Waals surface area contributed by atoms with Crippen LogP contribution in [0.4, 0.5) is 0 Å². The van der Waals surface area contributed by atoms with Crippen molar-refractivity contribution in [2.45, 2.75) is 24.4 Å².